The molecule has 220 valence electrons. The molecule has 1 aliphatic heterocycles. The van der Waals surface area contributed by atoms with Crippen LogP contribution in [0.2, 0.25) is 0 Å². The topological polar surface area (TPSA) is 58.6 Å². The van der Waals surface area contributed by atoms with Gasteiger partial charge in [-0.3, -0.25) is 0 Å². The van der Waals surface area contributed by atoms with Gasteiger partial charge in [0.15, 0.2) is 0 Å². The molecule has 41 heavy (non-hydrogen) atoms. The van der Waals surface area contributed by atoms with Gasteiger partial charge in [-0.1, -0.05) is 118 Å². The van der Waals surface area contributed by atoms with Crippen molar-refractivity contribution < 1.29 is 48.1 Å². The molecule has 2 saturated carbocycles. The SMILES string of the molecule is CC(C)(C)c1cc2c(c(C3(C)CCCCC3)c1)OP(=O)([O-])Oc1c(cc(C(C)(C)C)cc1C1(C)CCCCC1)C2.[Na+]. The first-order valence-electron chi connectivity index (χ1n) is 15.6. The van der Waals surface area contributed by atoms with Gasteiger partial charge in [-0.25, -0.2) is 4.57 Å². The summed E-state index contributed by atoms with van der Waals surface area (Å²) in [5.74, 6) is 1.01. The number of phosphoric ester groups is 1. The molecule has 2 aromatic rings. The maximum Gasteiger partial charge on any atom is 1.00 e. The Bertz CT molecular complexity index is 1220. The molecule has 6 heteroatoms. The summed E-state index contributed by atoms with van der Waals surface area (Å²) in [4.78, 5) is 13.8. The van der Waals surface area contributed by atoms with Gasteiger partial charge >= 0.3 is 37.4 Å². The van der Waals surface area contributed by atoms with E-state index in [-0.39, 0.29) is 51.2 Å². The van der Waals surface area contributed by atoms with E-state index in [1.807, 2.05) is 0 Å². The molecule has 2 aliphatic carbocycles. The molecule has 0 atom stereocenters. The summed E-state index contributed by atoms with van der Waals surface area (Å²) in [5, 5.41) is 0. The zero-order chi connectivity index (χ0) is 29.1. The molecule has 5 rings (SSSR count). The van der Waals surface area contributed by atoms with Crippen molar-refractivity contribution in [2.24, 2.45) is 0 Å². The minimum Gasteiger partial charge on any atom is -0.736 e. The molecule has 4 nitrogen and oxygen atoms in total. The van der Waals surface area contributed by atoms with Crippen molar-refractivity contribution in [3.05, 3.63) is 57.6 Å². The van der Waals surface area contributed by atoms with Gasteiger partial charge in [0, 0.05) is 17.5 Å². The first-order chi connectivity index (χ1) is 18.5. The van der Waals surface area contributed by atoms with Crippen LogP contribution in [0.15, 0.2) is 24.3 Å². The van der Waals surface area contributed by atoms with E-state index in [1.54, 1.807) is 0 Å². The Balaban J connectivity index is 0.00000387. The summed E-state index contributed by atoms with van der Waals surface area (Å²) < 4.78 is 25.9. The Labute approximate surface area is 271 Å². The first-order valence-corrected chi connectivity index (χ1v) is 17.0. The van der Waals surface area contributed by atoms with Gasteiger partial charge in [0.1, 0.15) is 11.5 Å². The normalized spacial score (nSPS) is 21.6. The standard InChI is InChI=1S/C35H51O4P.Na/c1-32(2,3)26-20-24-19-25-21-27(33(4,5)6)23-29(35(8)17-13-10-14-18-35)31(25)39-40(36,37)38-30(24)28(22-26)34(7)15-11-9-12-16-34;/h20-23H,9-19H2,1-8H3,(H,36,37);/q;+1/p-1. The van der Waals surface area contributed by atoms with Crippen LogP contribution in [-0.2, 0) is 32.6 Å². The van der Waals surface area contributed by atoms with Gasteiger partial charge in [0.2, 0.25) is 0 Å². The second-order valence-electron chi connectivity index (χ2n) is 15.6. The van der Waals surface area contributed by atoms with E-state index in [9.17, 15) is 9.46 Å². The quantitative estimate of drug-likeness (QED) is 0.295. The van der Waals surface area contributed by atoms with E-state index in [1.165, 1.54) is 24.0 Å². The second-order valence-corrected chi connectivity index (χ2v) is 16.8. The smallest absolute Gasteiger partial charge is 0.736 e. The third-order valence-electron chi connectivity index (χ3n) is 10.1. The molecule has 0 radical (unpaired) electrons. The van der Waals surface area contributed by atoms with Crippen molar-refractivity contribution in [2.75, 3.05) is 0 Å². The number of fused-ring (bicyclic) bond motifs is 2. The molecule has 1 heterocycles. The summed E-state index contributed by atoms with van der Waals surface area (Å²) in [6, 6.07) is 8.86. The zero-order valence-corrected chi connectivity index (χ0v) is 30.1. The molecule has 0 spiro atoms. The molecule has 2 aromatic carbocycles. The van der Waals surface area contributed by atoms with Crippen molar-refractivity contribution in [3.63, 3.8) is 0 Å². The Morgan fingerprint density at radius 2 is 1.00 bits per heavy atom. The molecule has 0 saturated heterocycles. The van der Waals surface area contributed by atoms with Crippen LogP contribution in [-0.4, -0.2) is 0 Å². The fourth-order valence-electron chi connectivity index (χ4n) is 7.27. The number of benzene rings is 2. The average molecular weight is 589 g/mol. The largest absolute Gasteiger partial charge is 1.00 e. The molecular formula is C35H50NaO4P. The fourth-order valence-corrected chi connectivity index (χ4v) is 8.18. The van der Waals surface area contributed by atoms with E-state index in [0.29, 0.717) is 17.9 Å². The van der Waals surface area contributed by atoms with Gasteiger partial charge in [-0.2, -0.15) is 0 Å². The molecule has 0 bridgehead atoms. The summed E-state index contributed by atoms with van der Waals surface area (Å²) in [6.45, 7) is 18.0. The van der Waals surface area contributed by atoms with E-state index in [4.69, 9.17) is 9.05 Å². The fraction of sp³-hybridized carbons (Fsp3) is 0.657. The monoisotopic (exact) mass is 588 g/mol. The number of phosphoric acid groups is 1. The van der Waals surface area contributed by atoms with Crippen molar-refractivity contribution in [1.82, 2.24) is 0 Å². The molecule has 0 amide bonds. The van der Waals surface area contributed by atoms with Crippen LogP contribution in [0.3, 0.4) is 0 Å². The molecule has 2 fully saturated rings. The van der Waals surface area contributed by atoms with Gasteiger partial charge in [0.05, 0.1) is 0 Å². The van der Waals surface area contributed by atoms with Crippen LogP contribution in [0, 0.1) is 0 Å². The van der Waals surface area contributed by atoms with Crippen LogP contribution in [0.5, 0.6) is 11.5 Å². The van der Waals surface area contributed by atoms with Crippen molar-refractivity contribution in [3.8, 4) is 11.5 Å². The van der Waals surface area contributed by atoms with Gasteiger partial charge in [0.25, 0.3) is 0 Å². The Kier molecular flexibility index (Phi) is 9.39. The minimum absolute atomic E-state index is 0. The molecular weight excluding hydrogens is 538 g/mol. The van der Waals surface area contributed by atoms with E-state index in [0.717, 1.165) is 73.6 Å². The molecule has 0 unspecified atom stereocenters. The number of rotatable bonds is 2. The number of hydrogen-bond donors (Lipinski definition) is 0. The zero-order valence-electron chi connectivity index (χ0n) is 27.2. The maximum atomic E-state index is 13.8. The predicted molar refractivity (Wildman–Crippen MR) is 163 cm³/mol. The van der Waals surface area contributed by atoms with Crippen molar-refractivity contribution >= 4 is 7.82 Å². The Morgan fingerprint density at radius 1 is 0.659 bits per heavy atom. The van der Waals surface area contributed by atoms with Crippen LogP contribution in [0.25, 0.3) is 0 Å². The third-order valence-corrected chi connectivity index (χ3v) is 10.9. The Morgan fingerprint density at radius 3 is 1.32 bits per heavy atom. The summed E-state index contributed by atoms with van der Waals surface area (Å²) in [7, 11) is -4.70. The predicted octanol–water partition coefficient (Wildman–Crippen LogP) is 6.56. The van der Waals surface area contributed by atoms with Crippen molar-refractivity contribution in [1.29, 1.82) is 0 Å². The van der Waals surface area contributed by atoms with E-state index >= 15 is 0 Å². The van der Waals surface area contributed by atoms with Gasteiger partial charge in [-0.15, -0.1) is 0 Å². The van der Waals surface area contributed by atoms with Crippen LogP contribution >= 0.6 is 7.82 Å². The second kappa shape index (κ2) is 11.6. The van der Waals surface area contributed by atoms with Gasteiger partial charge < -0.3 is 13.9 Å². The van der Waals surface area contributed by atoms with Crippen LogP contribution in [0.4, 0.5) is 0 Å². The van der Waals surface area contributed by atoms with Crippen LogP contribution < -0.4 is 43.5 Å². The van der Waals surface area contributed by atoms with E-state index in [2.05, 4.69) is 79.7 Å². The van der Waals surface area contributed by atoms with E-state index < -0.39 is 7.82 Å². The molecule has 3 aliphatic rings. The van der Waals surface area contributed by atoms with Gasteiger partial charge in [-0.05, 0) is 69.6 Å². The maximum absolute atomic E-state index is 13.8. The summed E-state index contributed by atoms with van der Waals surface area (Å²) in [5.41, 5.74) is 6.03. The molecule has 0 N–H and O–H groups in total. The first kappa shape index (κ1) is 33.1. The summed E-state index contributed by atoms with van der Waals surface area (Å²) in [6.07, 6.45) is 11.8. The Hall–Kier alpha value is -0.770. The minimum atomic E-state index is -4.70. The number of hydrogen-bond acceptors (Lipinski definition) is 4. The third kappa shape index (κ3) is 6.83. The molecule has 0 aromatic heterocycles. The van der Waals surface area contributed by atoms with Crippen LogP contribution in [0.1, 0.15) is 153 Å². The average Bonchev–Trinajstić information content (AvgIpc) is 2.84. The van der Waals surface area contributed by atoms with Crippen molar-refractivity contribution in [2.45, 2.75) is 148 Å². The summed E-state index contributed by atoms with van der Waals surface area (Å²) >= 11 is 0.